The van der Waals surface area contributed by atoms with Crippen molar-refractivity contribution in [3.05, 3.63) is 48.5 Å². The van der Waals surface area contributed by atoms with Crippen molar-refractivity contribution >= 4 is 33.5 Å². The Bertz CT molecular complexity index is 1210. The minimum Gasteiger partial charge on any atom is -0.477 e. The minimum absolute atomic E-state index is 0.00579. The first-order chi connectivity index (χ1) is 20.4. The van der Waals surface area contributed by atoms with E-state index in [-0.39, 0.29) is 23.8 Å². The normalized spacial score (nSPS) is 19.5. The number of carbonyl (C=O) groups is 2. The van der Waals surface area contributed by atoms with E-state index in [0.717, 1.165) is 47.2 Å². The second kappa shape index (κ2) is 13.8. The molecular formula is C36H46O6. The second-order valence-corrected chi connectivity index (χ2v) is 12.4. The topological polar surface area (TPSA) is 71.1 Å². The van der Waals surface area contributed by atoms with Crippen LogP contribution in [0.15, 0.2) is 48.5 Å². The highest BCUT2D eigenvalue weighted by molar-refractivity contribution is 6.11. The molecule has 2 fully saturated rings. The Balaban J connectivity index is 1.59. The predicted molar refractivity (Wildman–Crippen MR) is 166 cm³/mol. The monoisotopic (exact) mass is 574 g/mol. The smallest absolute Gasteiger partial charge is 0.347 e. The third-order valence-electron chi connectivity index (χ3n) is 9.93. The number of esters is 2. The van der Waals surface area contributed by atoms with E-state index in [9.17, 15) is 9.59 Å². The molecule has 0 amide bonds. The Labute approximate surface area is 250 Å². The lowest BCUT2D eigenvalue weighted by Crippen LogP contribution is -2.39. The van der Waals surface area contributed by atoms with Crippen LogP contribution in [0.2, 0.25) is 0 Å². The summed E-state index contributed by atoms with van der Waals surface area (Å²) in [6.07, 6.45) is 10.1. The van der Waals surface area contributed by atoms with Gasteiger partial charge >= 0.3 is 11.9 Å². The summed E-state index contributed by atoms with van der Waals surface area (Å²) < 4.78 is 24.1. The van der Waals surface area contributed by atoms with Gasteiger partial charge in [-0.2, -0.15) is 0 Å². The van der Waals surface area contributed by atoms with Gasteiger partial charge in [0.1, 0.15) is 11.5 Å². The summed E-state index contributed by atoms with van der Waals surface area (Å²) in [6, 6.07) is 15.9. The standard InChI is InChI=1S/C36H46O6/c1-23(25-15-7-5-8-16-25)31(35(37)39-3)41-33-27-19-11-13-21-29(27)34(30-22-14-12-20-28(30)33)42-32(36(38)40-4)24(2)26-17-9-6-10-18-26/h11-14,19-26,31-32H,5-10,15-18H2,1-4H3. The average Bonchev–Trinajstić information content (AvgIpc) is 3.05. The molecule has 2 aliphatic carbocycles. The average molecular weight is 575 g/mol. The zero-order chi connectivity index (χ0) is 29.6. The summed E-state index contributed by atoms with van der Waals surface area (Å²) in [5.41, 5.74) is 0. The molecule has 3 aromatic rings. The number of ether oxygens (including phenoxy) is 4. The molecule has 2 aliphatic rings. The molecule has 0 spiro atoms. The minimum atomic E-state index is -0.731. The molecule has 6 heteroatoms. The third kappa shape index (κ3) is 6.23. The zero-order valence-electron chi connectivity index (χ0n) is 25.6. The molecule has 42 heavy (non-hydrogen) atoms. The zero-order valence-corrected chi connectivity index (χ0v) is 25.6. The van der Waals surface area contributed by atoms with Crippen LogP contribution in [0.1, 0.15) is 78.1 Å². The lowest BCUT2D eigenvalue weighted by Gasteiger charge is -2.33. The number of benzene rings is 3. The van der Waals surface area contributed by atoms with Crippen LogP contribution in [0.5, 0.6) is 11.5 Å². The fourth-order valence-electron chi connectivity index (χ4n) is 7.34. The number of fused-ring (bicyclic) bond motifs is 2. The third-order valence-corrected chi connectivity index (χ3v) is 9.93. The molecule has 0 radical (unpaired) electrons. The van der Waals surface area contributed by atoms with Gasteiger partial charge in [0.05, 0.1) is 14.2 Å². The first-order valence-corrected chi connectivity index (χ1v) is 15.9. The van der Waals surface area contributed by atoms with Gasteiger partial charge in [-0.05, 0) is 11.8 Å². The van der Waals surface area contributed by atoms with E-state index < -0.39 is 12.2 Å². The van der Waals surface area contributed by atoms with Crippen molar-refractivity contribution in [1.29, 1.82) is 0 Å². The second-order valence-electron chi connectivity index (χ2n) is 12.4. The highest BCUT2D eigenvalue weighted by Gasteiger charge is 2.37. The molecular weight excluding hydrogens is 528 g/mol. The van der Waals surface area contributed by atoms with Crippen LogP contribution < -0.4 is 9.47 Å². The van der Waals surface area contributed by atoms with Gasteiger partial charge in [0.2, 0.25) is 0 Å². The summed E-state index contributed by atoms with van der Waals surface area (Å²) >= 11 is 0. The summed E-state index contributed by atoms with van der Waals surface area (Å²) in [6.45, 7) is 4.24. The summed E-state index contributed by atoms with van der Waals surface area (Å²) in [7, 11) is 2.86. The molecule has 3 aromatic carbocycles. The summed E-state index contributed by atoms with van der Waals surface area (Å²) in [5.74, 6) is 1.40. The highest BCUT2D eigenvalue weighted by Crippen LogP contribution is 2.45. The number of hydrogen-bond acceptors (Lipinski definition) is 6. The van der Waals surface area contributed by atoms with Gasteiger partial charge < -0.3 is 18.9 Å². The van der Waals surface area contributed by atoms with Crippen molar-refractivity contribution < 1.29 is 28.5 Å². The van der Waals surface area contributed by atoms with Gasteiger partial charge in [-0.15, -0.1) is 0 Å². The fourth-order valence-corrected chi connectivity index (χ4v) is 7.34. The molecule has 0 bridgehead atoms. The van der Waals surface area contributed by atoms with Gasteiger partial charge in [-0.1, -0.05) is 127 Å². The van der Waals surface area contributed by atoms with Gasteiger partial charge in [-0.25, -0.2) is 9.59 Å². The van der Waals surface area contributed by atoms with Crippen LogP contribution >= 0.6 is 0 Å². The van der Waals surface area contributed by atoms with Gasteiger partial charge in [0.15, 0.2) is 12.2 Å². The van der Waals surface area contributed by atoms with Crippen LogP contribution in [0, 0.1) is 23.7 Å². The lowest BCUT2D eigenvalue weighted by atomic mass is 9.78. The molecule has 0 N–H and O–H groups in total. The Morgan fingerprint density at radius 3 is 1.17 bits per heavy atom. The van der Waals surface area contributed by atoms with Crippen molar-refractivity contribution in [3.8, 4) is 11.5 Å². The molecule has 5 rings (SSSR count). The van der Waals surface area contributed by atoms with Crippen LogP contribution in [0.3, 0.4) is 0 Å². The van der Waals surface area contributed by atoms with Crippen molar-refractivity contribution in [2.75, 3.05) is 14.2 Å². The van der Waals surface area contributed by atoms with E-state index in [4.69, 9.17) is 18.9 Å². The Kier molecular flexibility index (Phi) is 9.91. The predicted octanol–water partition coefficient (Wildman–Crippen LogP) is 8.27. The van der Waals surface area contributed by atoms with Crippen LogP contribution in [0.4, 0.5) is 0 Å². The highest BCUT2D eigenvalue weighted by atomic mass is 16.6. The van der Waals surface area contributed by atoms with E-state index in [1.54, 1.807) is 0 Å². The molecule has 0 aliphatic heterocycles. The maximum absolute atomic E-state index is 13.2. The van der Waals surface area contributed by atoms with Crippen LogP contribution in [-0.4, -0.2) is 38.4 Å². The van der Waals surface area contributed by atoms with Crippen molar-refractivity contribution in [3.63, 3.8) is 0 Å². The van der Waals surface area contributed by atoms with E-state index in [1.807, 2.05) is 48.5 Å². The molecule has 4 atom stereocenters. The van der Waals surface area contributed by atoms with E-state index in [2.05, 4.69) is 13.8 Å². The number of carbonyl (C=O) groups excluding carboxylic acids is 2. The maximum Gasteiger partial charge on any atom is 0.347 e. The van der Waals surface area contributed by atoms with Crippen LogP contribution in [-0.2, 0) is 19.1 Å². The number of methoxy groups -OCH3 is 2. The Morgan fingerprint density at radius 2 is 0.881 bits per heavy atom. The molecule has 0 saturated heterocycles. The summed E-state index contributed by atoms with van der Waals surface area (Å²) in [4.78, 5) is 26.4. The van der Waals surface area contributed by atoms with E-state index >= 15 is 0 Å². The molecule has 4 unspecified atom stereocenters. The van der Waals surface area contributed by atoms with Crippen molar-refractivity contribution in [2.24, 2.45) is 23.7 Å². The first-order valence-electron chi connectivity index (χ1n) is 15.9. The van der Waals surface area contributed by atoms with Gasteiger partial charge in [-0.3, -0.25) is 0 Å². The largest absolute Gasteiger partial charge is 0.477 e. The number of rotatable bonds is 10. The Hall–Kier alpha value is -3.28. The molecule has 6 nitrogen and oxygen atoms in total. The lowest BCUT2D eigenvalue weighted by molar-refractivity contribution is -0.153. The maximum atomic E-state index is 13.2. The van der Waals surface area contributed by atoms with Gasteiger partial charge in [0.25, 0.3) is 0 Å². The Morgan fingerprint density at radius 1 is 0.571 bits per heavy atom. The molecule has 2 saturated carbocycles. The SMILES string of the molecule is COC(=O)C(Oc1c2ccccc2c(OC(C(=O)OC)C(C)C2CCCCC2)c2ccccc12)C(C)C1CCCCC1. The number of hydrogen-bond donors (Lipinski definition) is 0. The van der Waals surface area contributed by atoms with E-state index in [1.165, 1.54) is 52.7 Å². The fraction of sp³-hybridized carbons (Fsp3) is 0.556. The summed E-state index contributed by atoms with van der Waals surface area (Å²) in [5, 5.41) is 3.35. The molecule has 0 heterocycles. The molecule has 0 aromatic heterocycles. The molecule has 226 valence electrons. The van der Waals surface area contributed by atoms with Crippen molar-refractivity contribution in [2.45, 2.75) is 90.3 Å². The van der Waals surface area contributed by atoms with E-state index in [0.29, 0.717) is 23.3 Å². The van der Waals surface area contributed by atoms with Gasteiger partial charge in [0, 0.05) is 33.4 Å². The van der Waals surface area contributed by atoms with Crippen LogP contribution in [0.25, 0.3) is 21.5 Å². The first kappa shape index (κ1) is 30.2. The quantitative estimate of drug-likeness (QED) is 0.179. The van der Waals surface area contributed by atoms with Crippen molar-refractivity contribution in [1.82, 2.24) is 0 Å².